The summed E-state index contributed by atoms with van der Waals surface area (Å²) in [6.45, 7) is 1.53. The molecule has 0 amide bonds. The summed E-state index contributed by atoms with van der Waals surface area (Å²) < 4.78 is 27.5. The van der Waals surface area contributed by atoms with Gasteiger partial charge in [0.2, 0.25) is 0 Å². The van der Waals surface area contributed by atoms with E-state index in [4.69, 9.17) is 5.11 Å². The average molecular weight is 282 g/mol. The van der Waals surface area contributed by atoms with Crippen LogP contribution in [-0.4, -0.2) is 43.4 Å². The summed E-state index contributed by atoms with van der Waals surface area (Å²) in [5.41, 5.74) is 1.59. The van der Waals surface area contributed by atoms with Crippen LogP contribution in [0.5, 0.6) is 0 Å². The molecule has 7 heteroatoms. The van der Waals surface area contributed by atoms with Crippen LogP contribution in [0.1, 0.15) is 22.3 Å². The zero-order chi connectivity index (χ0) is 13.6. The molecule has 0 spiro atoms. The molecule has 19 heavy (non-hydrogen) atoms. The van der Waals surface area contributed by atoms with Crippen molar-refractivity contribution in [2.24, 2.45) is 0 Å². The van der Waals surface area contributed by atoms with Crippen LogP contribution in [-0.2, 0) is 16.6 Å². The molecule has 2 aliphatic heterocycles. The highest BCUT2D eigenvalue weighted by Gasteiger charge is 2.37. The number of hydrogen-bond donors (Lipinski definition) is 1. The zero-order valence-electron chi connectivity index (χ0n) is 10.2. The van der Waals surface area contributed by atoms with Crippen LogP contribution in [0.25, 0.3) is 0 Å². The number of fused-ring (bicyclic) bond motifs is 1. The quantitative estimate of drug-likeness (QED) is 0.885. The van der Waals surface area contributed by atoms with E-state index < -0.39 is 16.2 Å². The van der Waals surface area contributed by atoms with Gasteiger partial charge in [-0.15, -0.1) is 0 Å². The molecule has 1 N–H and O–H groups in total. The predicted molar refractivity (Wildman–Crippen MR) is 69.6 cm³/mol. The molecule has 0 aliphatic carbocycles. The van der Waals surface area contributed by atoms with Gasteiger partial charge in [0.05, 0.1) is 11.3 Å². The number of hydrogen-bond acceptors (Lipinski definition) is 3. The molecule has 2 heterocycles. The van der Waals surface area contributed by atoms with Crippen LogP contribution < -0.4 is 4.31 Å². The Hall–Kier alpha value is -1.60. The minimum Gasteiger partial charge on any atom is -0.478 e. The number of carboxylic acid groups (broad SMARTS) is 1. The molecule has 1 saturated heterocycles. The van der Waals surface area contributed by atoms with Gasteiger partial charge in [0.25, 0.3) is 0 Å². The van der Waals surface area contributed by atoms with Crippen molar-refractivity contribution >= 4 is 21.9 Å². The summed E-state index contributed by atoms with van der Waals surface area (Å²) in [5.74, 6) is -0.994. The van der Waals surface area contributed by atoms with Crippen molar-refractivity contribution < 1.29 is 18.3 Å². The monoisotopic (exact) mass is 282 g/mol. The van der Waals surface area contributed by atoms with Crippen LogP contribution in [0.15, 0.2) is 18.2 Å². The minimum absolute atomic E-state index is 0.196. The van der Waals surface area contributed by atoms with Crippen LogP contribution in [0.2, 0.25) is 0 Å². The van der Waals surface area contributed by atoms with Crippen LogP contribution in [0.4, 0.5) is 5.69 Å². The smallest absolute Gasteiger partial charge is 0.335 e. The molecule has 1 fully saturated rings. The Morgan fingerprint density at radius 1 is 1.21 bits per heavy atom. The average Bonchev–Trinajstić information content (AvgIpc) is 2.68. The Morgan fingerprint density at radius 3 is 2.53 bits per heavy atom. The Morgan fingerprint density at radius 2 is 1.95 bits per heavy atom. The fourth-order valence-electron chi connectivity index (χ4n) is 2.40. The summed E-state index contributed by atoms with van der Waals surface area (Å²) >= 11 is 0. The van der Waals surface area contributed by atoms with E-state index in [0.29, 0.717) is 31.7 Å². The van der Waals surface area contributed by atoms with Crippen molar-refractivity contribution in [3.05, 3.63) is 29.3 Å². The van der Waals surface area contributed by atoms with Crippen LogP contribution in [0.3, 0.4) is 0 Å². The lowest BCUT2D eigenvalue weighted by Crippen LogP contribution is -2.49. The fourth-order valence-corrected chi connectivity index (χ4v) is 4.15. The number of rotatable bonds is 3. The second-order valence-electron chi connectivity index (χ2n) is 4.73. The topological polar surface area (TPSA) is 77.9 Å². The maximum Gasteiger partial charge on any atom is 0.335 e. The maximum absolute atomic E-state index is 12.3. The number of carboxylic acids is 1. The van der Waals surface area contributed by atoms with Crippen molar-refractivity contribution in [2.75, 3.05) is 23.9 Å². The lowest BCUT2D eigenvalue weighted by molar-refractivity contribution is 0.0697. The van der Waals surface area contributed by atoms with E-state index in [1.165, 1.54) is 14.7 Å². The molecule has 0 bridgehead atoms. The molecular formula is C12H14N2O4S. The highest BCUT2D eigenvalue weighted by molar-refractivity contribution is 7.90. The third kappa shape index (κ3) is 1.89. The molecule has 1 aromatic rings. The van der Waals surface area contributed by atoms with Gasteiger partial charge >= 0.3 is 16.2 Å². The van der Waals surface area contributed by atoms with E-state index in [-0.39, 0.29) is 5.56 Å². The summed E-state index contributed by atoms with van der Waals surface area (Å²) in [5, 5.41) is 8.94. The second kappa shape index (κ2) is 4.21. The molecule has 6 nitrogen and oxygen atoms in total. The molecule has 3 rings (SSSR count). The standard InChI is InChI=1S/C12H14N2O4S/c15-12(16)10-2-3-11-9(8-10)4-7-14(11)19(17,18)13-5-1-6-13/h2-3,8H,1,4-7H2,(H,15,16). The summed E-state index contributed by atoms with van der Waals surface area (Å²) in [7, 11) is -3.43. The van der Waals surface area contributed by atoms with Gasteiger partial charge in [0.15, 0.2) is 0 Å². The number of nitrogens with zero attached hydrogens (tertiary/aromatic N) is 2. The highest BCUT2D eigenvalue weighted by Crippen LogP contribution is 2.33. The van der Waals surface area contributed by atoms with E-state index in [2.05, 4.69) is 0 Å². The first-order valence-electron chi connectivity index (χ1n) is 6.14. The SMILES string of the molecule is O=C(O)c1ccc2c(c1)CCN2S(=O)(=O)N1CCC1. The fraction of sp³-hybridized carbons (Fsp3) is 0.417. The molecule has 0 atom stereocenters. The van der Waals surface area contributed by atoms with Gasteiger partial charge in [-0.25, -0.2) is 4.79 Å². The van der Waals surface area contributed by atoms with E-state index in [9.17, 15) is 13.2 Å². The largest absolute Gasteiger partial charge is 0.478 e. The van der Waals surface area contributed by atoms with Crippen molar-refractivity contribution in [3.63, 3.8) is 0 Å². The molecular weight excluding hydrogens is 268 g/mol. The van der Waals surface area contributed by atoms with Crippen LogP contribution >= 0.6 is 0 Å². The Bertz CT molecular complexity index is 637. The molecule has 0 saturated carbocycles. The molecule has 0 unspecified atom stereocenters. The first-order valence-corrected chi connectivity index (χ1v) is 7.54. The Labute approximate surface area is 111 Å². The van der Waals surface area contributed by atoms with Gasteiger partial charge in [0, 0.05) is 19.6 Å². The van der Waals surface area contributed by atoms with Crippen molar-refractivity contribution in [3.8, 4) is 0 Å². The van der Waals surface area contributed by atoms with E-state index >= 15 is 0 Å². The third-order valence-corrected chi connectivity index (χ3v) is 5.55. The number of carbonyl (C=O) groups is 1. The summed E-state index contributed by atoms with van der Waals surface area (Å²) in [6, 6.07) is 4.59. The normalized spacial score (nSPS) is 19.1. The Balaban J connectivity index is 1.96. The van der Waals surface area contributed by atoms with E-state index in [1.54, 1.807) is 12.1 Å². The first kappa shape index (κ1) is 12.4. The lowest BCUT2D eigenvalue weighted by atomic mass is 10.1. The van der Waals surface area contributed by atoms with E-state index in [1.807, 2.05) is 0 Å². The second-order valence-corrected chi connectivity index (χ2v) is 6.58. The number of anilines is 1. The van der Waals surface area contributed by atoms with Gasteiger partial charge < -0.3 is 5.11 Å². The maximum atomic E-state index is 12.3. The predicted octanol–water partition coefficient (Wildman–Crippen LogP) is 0.698. The Kier molecular flexibility index (Phi) is 2.75. The third-order valence-electron chi connectivity index (χ3n) is 3.60. The van der Waals surface area contributed by atoms with Crippen molar-refractivity contribution in [1.29, 1.82) is 0 Å². The number of benzene rings is 1. The lowest BCUT2D eigenvalue weighted by Gasteiger charge is -2.34. The van der Waals surface area contributed by atoms with Gasteiger partial charge in [0.1, 0.15) is 0 Å². The zero-order valence-corrected chi connectivity index (χ0v) is 11.1. The molecule has 2 aliphatic rings. The van der Waals surface area contributed by atoms with Crippen LogP contribution in [0, 0.1) is 0 Å². The molecule has 102 valence electrons. The van der Waals surface area contributed by atoms with Gasteiger partial charge in [-0.05, 0) is 36.6 Å². The van der Waals surface area contributed by atoms with Crippen molar-refractivity contribution in [1.82, 2.24) is 4.31 Å². The summed E-state index contributed by atoms with van der Waals surface area (Å²) in [6.07, 6.45) is 1.46. The number of aromatic carboxylic acids is 1. The molecule has 0 aromatic heterocycles. The van der Waals surface area contributed by atoms with Gasteiger partial charge in [-0.2, -0.15) is 12.7 Å². The molecule has 1 aromatic carbocycles. The van der Waals surface area contributed by atoms with Gasteiger partial charge in [-0.1, -0.05) is 0 Å². The highest BCUT2D eigenvalue weighted by atomic mass is 32.2. The van der Waals surface area contributed by atoms with Crippen molar-refractivity contribution in [2.45, 2.75) is 12.8 Å². The van der Waals surface area contributed by atoms with Gasteiger partial charge in [-0.3, -0.25) is 4.31 Å². The van der Waals surface area contributed by atoms with E-state index in [0.717, 1.165) is 12.0 Å². The molecule has 0 radical (unpaired) electrons. The summed E-state index contributed by atoms with van der Waals surface area (Å²) in [4.78, 5) is 10.9. The first-order chi connectivity index (χ1) is 9.00. The minimum atomic E-state index is -3.43.